The molecule has 69 valence electrons. The van der Waals surface area contributed by atoms with Gasteiger partial charge in [0.2, 0.25) is 0 Å². The van der Waals surface area contributed by atoms with Crippen LogP contribution in [0.3, 0.4) is 0 Å². The van der Waals surface area contributed by atoms with Crippen molar-refractivity contribution in [2.75, 3.05) is 45.9 Å². The zero-order chi connectivity index (χ0) is 8.23. The molecule has 1 radical (unpaired) electrons. The molecule has 4 heteroatoms. The van der Waals surface area contributed by atoms with Crippen LogP contribution >= 0.6 is 0 Å². The number of nitrogens with one attached hydrogen (secondary N) is 1. The van der Waals surface area contributed by atoms with Crippen LogP contribution in [0.4, 0.5) is 0 Å². The second-order valence-electron chi connectivity index (χ2n) is 3.25. The minimum atomic E-state index is 0.334. The maximum atomic E-state index is 5.38. The van der Waals surface area contributed by atoms with Gasteiger partial charge in [-0.15, -0.1) is 0 Å². The Labute approximate surface area is 73.3 Å². The van der Waals surface area contributed by atoms with E-state index < -0.39 is 0 Å². The van der Waals surface area contributed by atoms with Gasteiger partial charge in [-0.3, -0.25) is 4.90 Å². The van der Waals surface area contributed by atoms with E-state index in [0.29, 0.717) is 6.17 Å². The summed E-state index contributed by atoms with van der Waals surface area (Å²) in [6.07, 6.45) is 0.334. The van der Waals surface area contributed by atoms with Crippen LogP contribution in [0.5, 0.6) is 0 Å². The molecule has 1 unspecified atom stereocenters. The van der Waals surface area contributed by atoms with Gasteiger partial charge in [0.05, 0.1) is 19.4 Å². The van der Waals surface area contributed by atoms with Crippen molar-refractivity contribution >= 4 is 0 Å². The van der Waals surface area contributed by atoms with E-state index in [9.17, 15) is 0 Å². The highest BCUT2D eigenvalue weighted by Crippen LogP contribution is 2.03. The van der Waals surface area contributed by atoms with Gasteiger partial charge < -0.3 is 10.1 Å². The molecule has 2 aliphatic heterocycles. The quantitative estimate of drug-likeness (QED) is 0.540. The molecule has 0 aliphatic carbocycles. The molecular weight excluding hydrogens is 154 g/mol. The number of hydrogen-bond acceptors (Lipinski definition) is 3. The Hall–Kier alpha value is -0.160. The first-order chi connectivity index (χ1) is 5.97. The molecule has 0 bridgehead atoms. The fourth-order valence-electron chi connectivity index (χ4n) is 1.71. The van der Waals surface area contributed by atoms with Gasteiger partial charge in [-0.2, -0.15) is 0 Å². The molecule has 2 fully saturated rings. The Bertz CT molecular complexity index is 114. The summed E-state index contributed by atoms with van der Waals surface area (Å²) in [5.41, 5.74) is 0. The monoisotopic (exact) mass is 170 g/mol. The van der Waals surface area contributed by atoms with E-state index in [1.165, 1.54) is 0 Å². The first kappa shape index (κ1) is 8.44. The largest absolute Gasteiger partial charge is 0.377 e. The highest BCUT2D eigenvalue weighted by atomic mass is 16.5. The van der Waals surface area contributed by atoms with Gasteiger partial charge in [0.25, 0.3) is 0 Å². The van der Waals surface area contributed by atoms with Gasteiger partial charge >= 0.3 is 0 Å². The first-order valence-corrected chi connectivity index (χ1v) is 4.66. The number of rotatable bonds is 1. The molecular formula is C8H16N3O. The molecule has 2 rings (SSSR count). The Morgan fingerprint density at radius 1 is 1.33 bits per heavy atom. The fourth-order valence-corrected chi connectivity index (χ4v) is 1.71. The molecule has 2 aliphatic rings. The third-order valence-corrected chi connectivity index (χ3v) is 2.42. The van der Waals surface area contributed by atoms with Gasteiger partial charge in [0.15, 0.2) is 0 Å². The Kier molecular flexibility index (Phi) is 2.94. The van der Waals surface area contributed by atoms with Gasteiger partial charge in [-0.25, -0.2) is 5.32 Å². The van der Waals surface area contributed by atoms with Crippen LogP contribution in [0.25, 0.3) is 0 Å². The Balaban J connectivity index is 1.80. The SMILES string of the molecule is C1COCC(N2CCNCC2)[N]1. The molecule has 0 spiro atoms. The van der Waals surface area contributed by atoms with E-state index >= 15 is 0 Å². The van der Waals surface area contributed by atoms with Crippen LogP contribution in [0.2, 0.25) is 0 Å². The zero-order valence-electron chi connectivity index (χ0n) is 7.33. The van der Waals surface area contributed by atoms with E-state index in [1.54, 1.807) is 0 Å². The van der Waals surface area contributed by atoms with Crippen molar-refractivity contribution in [1.82, 2.24) is 15.5 Å². The molecule has 0 saturated carbocycles. The second kappa shape index (κ2) is 4.18. The van der Waals surface area contributed by atoms with E-state index in [2.05, 4.69) is 15.5 Å². The van der Waals surface area contributed by atoms with Gasteiger partial charge in [-0.1, -0.05) is 0 Å². The normalized spacial score (nSPS) is 33.5. The third kappa shape index (κ3) is 1.95. The van der Waals surface area contributed by atoms with Gasteiger partial charge in [0.1, 0.15) is 0 Å². The maximum absolute atomic E-state index is 5.38. The number of ether oxygens (including phenoxy) is 1. The smallest absolute Gasteiger partial charge is 0.0999 e. The van der Waals surface area contributed by atoms with E-state index in [0.717, 1.165) is 45.9 Å². The minimum Gasteiger partial charge on any atom is -0.377 e. The lowest BCUT2D eigenvalue weighted by Crippen LogP contribution is -2.55. The fraction of sp³-hybridized carbons (Fsp3) is 1.00. The van der Waals surface area contributed by atoms with E-state index in [-0.39, 0.29) is 0 Å². The van der Waals surface area contributed by atoms with Crippen molar-refractivity contribution < 1.29 is 4.74 Å². The lowest BCUT2D eigenvalue weighted by Gasteiger charge is -2.36. The van der Waals surface area contributed by atoms with Gasteiger partial charge in [-0.05, 0) is 0 Å². The highest BCUT2D eigenvalue weighted by Gasteiger charge is 2.22. The summed E-state index contributed by atoms with van der Waals surface area (Å²) in [4.78, 5) is 2.40. The molecule has 0 amide bonds. The summed E-state index contributed by atoms with van der Waals surface area (Å²) in [6, 6.07) is 0. The van der Waals surface area contributed by atoms with E-state index in [4.69, 9.17) is 4.74 Å². The number of nitrogens with zero attached hydrogens (tertiary/aromatic N) is 2. The lowest BCUT2D eigenvalue weighted by atomic mass is 10.3. The topological polar surface area (TPSA) is 38.6 Å². The lowest BCUT2D eigenvalue weighted by molar-refractivity contribution is 0.00217. The van der Waals surface area contributed by atoms with Crippen LogP contribution in [0.1, 0.15) is 0 Å². The zero-order valence-corrected chi connectivity index (χ0v) is 7.33. The second-order valence-corrected chi connectivity index (χ2v) is 3.25. The Morgan fingerprint density at radius 3 is 2.83 bits per heavy atom. The van der Waals surface area contributed by atoms with Crippen LogP contribution in [0, 0.1) is 0 Å². The summed E-state index contributed by atoms with van der Waals surface area (Å²) < 4.78 is 5.38. The van der Waals surface area contributed by atoms with E-state index in [1.807, 2.05) is 0 Å². The van der Waals surface area contributed by atoms with Gasteiger partial charge in [0, 0.05) is 32.7 Å². The molecule has 0 aromatic carbocycles. The van der Waals surface area contributed by atoms with Crippen molar-refractivity contribution in [3.05, 3.63) is 0 Å². The molecule has 1 N–H and O–H groups in total. The number of morpholine rings is 1. The summed E-state index contributed by atoms with van der Waals surface area (Å²) in [6.45, 7) is 6.87. The maximum Gasteiger partial charge on any atom is 0.0999 e. The van der Waals surface area contributed by atoms with Crippen molar-refractivity contribution in [1.29, 1.82) is 0 Å². The van der Waals surface area contributed by atoms with Crippen molar-refractivity contribution in [2.45, 2.75) is 6.17 Å². The van der Waals surface area contributed by atoms with Crippen LogP contribution in [-0.2, 0) is 4.74 Å². The molecule has 12 heavy (non-hydrogen) atoms. The average Bonchev–Trinajstić information content (AvgIpc) is 2.21. The Morgan fingerprint density at radius 2 is 2.17 bits per heavy atom. The molecule has 0 aromatic rings. The molecule has 1 atom stereocenters. The van der Waals surface area contributed by atoms with Crippen LogP contribution in [0.15, 0.2) is 0 Å². The van der Waals surface area contributed by atoms with Crippen LogP contribution in [-0.4, -0.2) is 57.0 Å². The molecule has 2 heterocycles. The van der Waals surface area contributed by atoms with Crippen molar-refractivity contribution in [2.24, 2.45) is 0 Å². The minimum absolute atomic E-state index is 0.334. The van der Waals surface area contributed by atoms with Crippen molar-refractivity contribution in [3.63, 3.8) is 0 Å². The summed E-state index contributed by atoms with van der Waals surface area (Å²) >= 11 is 0. The average molecular weight is 170 g/mol. The molecule has 2 saturated heterocycles. The highest BCUT2D eigenvalue weighted by molar-refractivity contribution is 4.76. The van der Waals surface area contributed by atoms with Crippen LogP contribution < -0.4 is 10.6 Å². The van der Waals surface area contributed by atoms with Crippen molar-refractivity contribution in [3.8, 4) is 0 Å². The number of piperazine rings is 1. The summed E-state index contributed by atoms with van der Waals surface area (Å²) in [7, 11) is 0. The predicted molar refractivity (Wildman–Crippen MR) is 46.1 cm³/mol. The summed E-state index contributed by atoms with van der Waals surface area (Å²) in [5.74, 6) is 0. The molecule has 4 nitrogen and oxygen atoms in total. The summed E-state index contributed by atoms with van der Waals surface area (Å²) in [5, 5.41) is 7.86. The standard InChI is InChI=1S/C8H16N3O/c1-4-11(5-2-9-1)8-7-12-6-3-10-8/h8-9H,1-7H2. The first-order valence-electron chi connectivity index (χ1n) is 4.66. The number of hydrogen-bond donors (Lipinski definition) is 1. The third-order valence-electron chi connectivity index (χ3n) is 2.42. The molecule has 0 aromatic heterocycles. The predicted octanol–water partition coefficient (Wildman–Crippen LogP) is -1.15.